The van der Waals surface area contributed by atoms with E-state index in [-0.39, 0.29) is 42.7 Å². The molecule has 0 saturated carbocycles. The SMILES string of the molecule is [C-]#[N+]c1ccc(N2C(=O)C(C)(C)N(c3ccc(-c4ccc(C5CCN(CCOCC(=O)N[C@H](C(=O)N6C[C@H](O)C[C@H]6C(=O)CCc6ccc(-c7cnco7)cc6)C(C)(C)C)CC5)cc4)cc3)C2=S)cc1Cl. The number of piperidine rings is 1. The summed E-state index contributed by atoms with van der Waals surface area (Å²) in [7, 11) is 0. The normalized spacial score (nSPS) is 19.0. The van der Waals surface area contributed by atoms with Crippen molar-refractivity contribution in [2.75, 3.05) is 49.2 Å². The summed E-state index contributed by atoms with van der Waals surface area (Å²) in [6, 6.07) is 27.6. The van der Waals surface area contributed by atoms with Crippen LogP contribution in [0.15, 0.2) is 108 Å². The molecule has 1 aromatic heterocycles. The summed E-state index contributed by atoms with van der Waals surface area (Å²) in [5.74, 6) is -0.0420. The number of oxazole rings is 1. The summed E-state index contributed by atoms with van der Waals surface area (Å²) in [4.78, 5) is 69.0. The van der Waals surface area contributed by atoms with Crippen LogP contribution in [0.2, 0.25) is 5.02 Å². The molecule has 4 heterocycles. The first-order valence-corrected chi connectivity index (χ1v) is 24.9. The molecule has 3 saturated heterocycles. The van der Waals surface area contributed by atoms with Crippen molar-refractivity contribution in [1.29, 1.82) is 0 Å². The molecule has 3 atom stereocenters. The topological polar surface area (TPSA) is 153 Å². The third-order valence-corrected chi connectivity index (χ3v) is 14.5. The summed E-state index contributed by atoms with van der Waals surface area (Å²) >= 11 is 12.2. The number of carbonyl (C=O) groups excluding carboxylic acids is 4. The van der Waals surface area contributed by atoms with Crippen molar-refractivity contribution in [3.63, 3.8) is 0 Å². The standard InChI is InChI=1S/C55H60ClN7O7S/c1-54(2,3)50(51(67)61-32-43(64)30-46(61)47(65)22-9-35-7-10-40(11-8-35)48-31-58-34-70-48)59-49(66)33-69-28-27-60-25-23-39(24-26-60)37-14-12-36(13-15-37)38-16-18-41(19-17-38)63-53(71)62(52(68)55(63,4)5)42-20-21-45(57-6)44(56)29-42/h7-8,10-21,29,31,34,39,43,46,50,64H,9,22-28,30,32-33H2,1-5H3,(H,59,66)/t43-,46+,50-/m1/s1. The van der Waals surface area contributed by atoms with Crippen LogP contribution in [0.5, 0.6) is 0 Å². The Hall–Kier alpha value is -6.28. The summed E-state index contributed by atoms with van der Waals surface area (Å²) in [6.07, 6.45) is 5.01. The fourth-order valence-corrected chi connectivity index (χ4v) is 10.5. The number of nitrogens with one attached hydrogen (secondary N) is 1. The molecule has 370 valence electrons. The van der Waals surface area contributed by atoms with Crippen molar-refractivity contribution < 1.29 is 33.4 Å². The zero-order chi connectivity index (χ0) is 50.6. The predicted octanol–water partition coefficient (Wildman–Crippen LogP) is 9.02. The molecule has 3 aliphatic rings. The van der Waals surface area contributed by atoms with Gasteiger partial charge in [-0.25, -0.2) is 9.83 Å². The minimum absolute atomic E-state index is 0.0259. The number of carbonyl (C=O) groups is 4. The molecule has 71 heavy (non-hydrogen) atoms. The number of Topliss-reactive ketones (excluding diaryl/α,β-unsaturated/α-hetero) is 1. The van der Waals surface area contributed by atoms with Gasteiger partial charge in [-0.1, -0.05) is 99.1 Å². The number of ketones is 1. The van der Waals surface area contributed by atoms with Crippen LogP contribution in [0.4, 0.5) is 17.1 Å². The van der Waals surface area contributed by atoms with E-state index in [1.165, 1.54) is 21.8 Å². The summed E-state index contributed by atoms with van der Waals surface area (Å²) < 4.78 is 11.2. The fourth-order valence-electron chi connectivity index (χ4n) is 9.79. The molecule has 0 unspecified atom stereocenters. The molecule has 8 rings (SSSR count). The van der Waals surface area contributed by atoms with Crippen LogP contribution in [0.25, 0.3) is 27.3 Å². The number of anilines is 2. The quantitative estimate of drug-likeness (QED) is 0.0554. The number of β-amino-alcohol motifs (C(OH)–C–C–N with tert-alkyl or cyclic N) is 1. The first-order chi connectivity index (χ1) is 33.9. The smallest absolute Gasteiger partial charge is 0.259 e. The first kappa shape index (κ1) is 51.1. The van der Waals surface area contributed by atoms with Gasteiger partial charge in [-0.2, -0.15) is 0 Å². The van der Waals surface area contributed by atoms with Crippen LogP contribution in [0.3, 0.4) is 0 Å². The van der Waals surface area contributed by atoms with Crippen LogP contribution >= 0.6 is 23.8 Å². The van der Waals surface area contributed by atoms with E-state index in [9.17, 15) is 24.3 Å². The largest absolute Gasteiger partial charge is 0.444 e. The number of nitrogens with zero attached hydrogens (tertiary/aromatic N) is 6. The second-order valence-corrected chi connectivity index (χ2v) is 21.0. The van der Waals surface area contributed by atoms with E-state index in [0.717, 1.165) is 53.9 Å². The molecule has 3 amide bonds. The van der Waals surface area contributed by atoms with Crippen LogP contribution in [0, 0.1) is 12.0 Å². The molecule has 4 aromatic carbocycles. The summed E-state index contributed by atoms with van der Waals surface area (Å²) in [5, 5.41) is 14.1. The van der Waals surface area contributed by atoms with E-state index < -0.39 is 41.0 Å². The lowest BCUT2D eigenvalue weighted by molar-refractivity contribution is -0.144. The van der Waals surface area contributed by atoms with Gasteiger partial charge in [0.2, 0.25) is 17.5 Å². The first-order valence-electron chi connectivity index (χ1n) is 24.1. The Bertz CT molecular complexity index is 2780. The number of rotatable bonds is 16. The number of amides is 3. The third kappa shape index (κ3) is 11.4. The number of thiocarbonyl (C=S) groups is 1. The van der Waals surface area contributed by atoms with Gasteiger partial charge in [0, 0.05) is 42.2 Å². The number of aliphatic hydroxyl groups is 1. The lowest BCUT2D eigenvalue weighted by Crippen LogP contribution is -2.57. The second kappa shape index (κ2) is 21.6. The van der Waals surface area contributed by atoms with E-state index in [0.29, 0.717) is 47.7 Å². The number of ether oxygens (including phenoxy) is 1. The maximum atomic E-state index is 14.1. The van der Waals surface area contributed by atoms with Crippen LogP contribution < -0.4 is 15.1 Å². The molecule has 0 bridgehead atoms. The zero-order valence-electron chi connectivity index (χ0n) is 40.8. The van der Waals surface area contributed by atoms with E-state index in [1.807, 2.05) is 88.0 Å². The lowest BCUT2D eigenvalue weighted by Gasteiger charge is -2.35. The molecular weight excluding hydrogens is 938 g/mol. The maximum Gasteiger partial charge on any atom is 0.259 e. The molecule has 2 N–H and O–H groups in total. The molecule has 0 radical (unpaired) electrons. The average molecular weight is 999 g/mol. The van der Waals surface area contributed by atoms with Gasteiger partial charge in [-0.3, -0.25) is 24.1 Å². The molecule has 5 aromatic rings. The van der Waals surface area contributed by atoms with E-state index in [4.69, 9.17) is 39.5 Å². The number of aryl methyl sites for hydroxylation is 1. The van der Waals surface area contributed by atoms with Gasteiger partial charge in [-0.05, 0) is 116 Å². The van der Waals surface area contributed by atoms with Crippen molar-refractivity contribution in [3.8, 4) is 22.5 Å². The predicted molar refractivity (Wildman–Crippen MR) is 278 cm³/mol. The van der Waals surface area contributed by atoms with Crippen LogP contribution in [-0.2, 0) is 30.3 Å². The lowest BCUT2D eigenvalue weighted by atomic mass is 9.85. The maximum absolute atomic E-state index is 14.1. The van der Waals surface area contributed by atoms with Crippen molar-refractivity contribution in [3.05, 3.63) is 131 Å². The highest BCUT2D eigenvalue weighted by atomic mass is 35.5. The highest BCUT2D eigenvalue weighted by Crippen LogP contribution is 2.40. The summed E-state index contributed by atoms with van der Waals surface area (Å²) in [6.45, 7) is 19.2. The number of aliphatic hydroxyl groups excluding tert-OH is 1. The Balaban J connectivity index is 0.773. The number of benzene rings is 4. The van der Waals surface area contributed by atoms with Gasteiger partial charge in [0.15, 0.2) is 23.0 Å². The Morgan fingerprint density at radius 2 is 1.62 bits per heavy atom. The molecule has 0 aliphatic carbocycles. The van der Waals surface area contributed by atoms with Crippen molar-refractivity contribution in [2.24, 2.45) is 5.41 Å². The van der Waals surface area contributed by atoms with Crippen molar-refractivity contribution >= 4 is 69.5 Å². The highest BCUT2D eigenvalue weighted by Gasteiger charge is 2.50. The minimum Gasteiger partial charge on any atom is -0.444 e. The third-order valence-electron chi connectivity index (χ3n) is 13.9. The fraction of sp³-hybridized carbons (Fsp3) is 0.400. The molecular formula is C55H60ClN7O7S. The van der Waals surface area contributed by atoms with Gasteiger partial charge in [-0.15, -0.1) is 0 Å². The Labute approximate surface area is 425 Å². The molecule has 16 heteroatoms. The molecule has 3 aliphatic heterocycles. The molecule has 0 spiro atoms. The van der Waals surface area contributed by atoms with Gasteiger partial charge in [0.25, 0.3) is 5.91 Å². The van der Waals surface area contributed by atoms with Crippen molar-refractivity contribution in [1.82, 2.24) is 20.1 Å². The molecule has 3 fully saturated rings. The van der Waals surface area contributed by atoms with Gasteiger partial charge < -0.3 is 34.3 Å². The van der Waals surface area contributed by atoms with Gasteiger partial charge >= 0.3 is 0 Å². The summed E-state index contributed by atoms with van der Waals surface area (Å²) in [5.41, 5.74) is 5.26. The Kier molecular flexibility index (Phi) is 15.5. The number of hydrogen-bond donors (Lipinski definition) is 2. The number of halogens is 1. The van der Waals surface area contributed by atoms with Gasteiger partial charge in [0.1, 0.15) is 18.2 Å². The van der Waals surface area contributed by atoms with Crippen molar-refractivity contribution in [2.45, 2.75) is 96.4 Å². The van der Waals surface area contributed by atoms with Crippen LogP contribution in [-0.4, -0.2) is 112 Å². The highest BCUT2D eigenvalue weighted by molar-refractivity contribution is 7.81. The van der Waals surface area contributed by atoms with E-state index in [1.54, 1.807) is 24.4 Å². The average Bonchev–Trinajstić information content (AvgIpc) is 4.08. The van der Waals surface area contributed by atoms with E-state index in [2.05, 4.69) is 44.3 Å². The monoisotopic (exact) mass is 997 g/mol. The van der Waals surface area contributed by atoms with Gasteiger partial charge in [0.05, 0.1) is 37.2 Å². The second-order valence-electron chi connectivity index (χ2n) is 20.2. The number of likely N-dealkylation sites (tertiary alicyclic amines) is 2. The minimum atomic E-state index is -0.947. The number of aromatic nitrogens is 1. The van der Waals surface area contributed by atoms with Crippen LogP contribution in [0.1, 0.15) is 77.3 Å². The zero-order valence-corrected chi connectivity index (χ0v) is 42.3. The number of hydrogen-bond acceptors (Lipinski definition) is 10. The van der Waals surface area contributed by atoms with E-state index >= 15 is 0 Å². The molecule has 14 nitrogen and oxygen atoms in total. The Morgan fingerprint density at radius 1 is 0.972 bits per heavy atom. The Morgan fingerprint density at radius 3 is 2.24 bits per heavy atom.